The van der Waals surface area contributed by atoms with Gasteiger partial charge in [-0.3, -0.25) is 9.59 Å². The van der Waals surface area contributed by atoms with Gasteiger partial charge in [0.1, 0.15) is 18.0 Å². The third-order valence-electron chi connectivity index (χ3n) is 5.19. The van der Waals surface area contributed by atoms with Crippen LogP contribution in [-0.2, 0) is 19.1 Å². The molecule has 2 rings (SSSR count). The molecule has 0 unspecified atom stereocenters. The lowest BCUT2D eigenvalue weighted by Crippen LogP contribution is -2.59. The van der Waals surface area contributed by atoms with E-state index in [0.29, 0.717) is 17.8 Å². The van der Waals surface area contributed by atoms with Crippen LogP contribution >= 0.6 is 0 Å². The van der Waals surface area contributed by atoms with Crippen molar-refractivity contribution in [2.75, 3.05) is 7.11 Å². The van der Waals surface area contributed by atoms with Gasteiger partial charge in [-0.15, -0.1) is 0 Å². The number of ether oxygens (including phenoxy) is 2. The second-order valence-electron chi connectivity index (χ2n) is 6.43. The van der Waals surface area contributed by atoms with Gasteiger partial charge in [0.15, 0.2) is 5.78 Å². The number of fused-ring (bicyclic) bond motifs is 1. The zero-order valence-electron chi connectivity index (χ0n) is 13.3. The molecular formula is C16H24O5. The predicted octanol–water partition coefficient (Wildman–Crippen LogP) is 1.83. The summed E-state index contributed by atoms with van der Waals surface area (Å²) in [6.45, 7) is 6.85. The minimum absolute atomic E-state index is 0.0903. The molecule has 0 aromatic heterocycles. The van der Waals surface area contributed by atoms with E-state index in [0.717, 1.165) is 6.42 Å². The maximum atomic E-state index is 12.9. The van der Waals surface area contributed by atoms with E-state index < -0.39 is 23.6 Å². The first-order valence-electron chi connectivity index (χ1n) is 7.40. The van der Waals surface area contributed by atoms with Crippen LogP contribution in [0.3, 0.4) is 0 Å². The van der Waals surface area contributed by atoms with Gasteiger partial charge in [-0.05, 0) is 32.6 Å². The molecule has 1 fully saturated rings. The van der Waals surface area contributed by atoms with Crippen molar-refractivity contribution < 1.29 is 24.2 Å². The smallest absolute Gasteiger partial charge is 0.302 e. The van der Waals surface area contributed by atoms with E-state index in [1.165, 1.54) is 14.0 Å². The standard InChI is InChI=1S/C16H24O5/c1-8-6-7-11(21-10(3)17)16(4)12(8)13(18)14(20-5)9(2)15(16)19/h8,11-13,18H,6-7H2,1-5H3/t8-,11+,12-,13+,16+/m1/s1. The number of hydrogen-bond acceptors (Lipinski definition) is 5. The van der Waals surface area contributed by atoms with Gasteiger partial charge in [0.2, 0.25) is 0 Å². The number of carbonyl (C=O) groups excluding carboxylic acids is 2. The molecule has 0 bridgehead atoms. The summed E-state index contributed by atoms with van der Waals surface area (Å²) in [6, 6.07) is 0. The largest absolute Gasteiger partial charge is 0.498 e. The Morgan fingerprint density at radius 3 is 2.52 bits per heavy atom. The molecule has 0 radical (unpaired) electrons. The second-order valence-corrected chi connectivity index (χ2v) is 6.43. The third-order valence-corrected chi connectivity index (χ3v) is 5.19. The Hall–Kier alpha value is -1.36. The summed E-state index contributed by atoms with van der Waals surface area (Å²) >= 11 is 0. The molecule has 0 spiro atoms. The van der Waals surface area contributed by atoms with Gasteiger partial charge in [-0.1, -0.05) is 6.92 Å². The number of allylic oxidation sites excluding steroid dienone is 1. The summed E-state index contributed by atoms with van der Waals surface area (Å²) in [4.78, 5) is 24.3. The van der Waals surface area contributed by atoms with Gasteiger partial charge < -0.3 is 14.6 Å². The average molecular weight is 296 g/mol. The normalized spacial score (nSPS) is 39.8. The van der Waals surface area contributed by atoms with E-state index in [-0.39, 0.29) is 17.6 Å². The van der Waals surface area contributed by atoms with Crippen molar-refractivity contribution >= 4 is 11.8 Å². The first-order chi connectivity index (χ1) is 9.75. The number of rotatable bonds is 2. The Morgan fingerprint density at radius 1 is 1.38 bits per heavy atom. The maximum absolute atomic E-state index is 12.9. The van der Waals surface area contributed by atoms with Crippen molar-refractivity contribution in [3.05, 3.63) is 11.3 Å². The minimum Gasteiger partial charge on any atom is -0.498 e. The van der Waals surface area contributed by atoms with E-state index in [2.05, 4.69) is 0 Å². The highest BCUT2D eigenvalue weighted by molar-refractivity contribution is 6.01. The highest BCUT2D eigenvalue weighted by Crippen LogP contribution is 2.53. The lowest BCUT2D eigenvalue weighted by atomic mass is 9.54. The predicted molar refractivity (Wildman–Crippen MR) is 76.3 cm³/mol. The van der Waals surface area contributed by atoms with Crippen molar-refractivity contribution in [1.29, 1.82) is 0 Å². The molecule has 2 aliphatic carbocycles. The summed E-state index contributed by atoms with van der Waals surface area (Å²) in [5, 5.41) is 10.7. The summed E-state index contributed by atoms with van der Waals surface area (Å²) in [5.74, 6) is -0.290. The molecule has 1 N–H and O–H groups in total. The highest BCUT2D eigenvalue weighted by Gasteiger charge is 2.60. The molecule has 5 heteroatoms. The van der Waals surface area contributed by atoms with Crippen molar-refractivity contribution in [2.45, 2.75) is 52.7 Å². The fraction of sp³-hybridized carbons (Fsp3) is 0.750. The van der Waals surface area contributed by atoms with Crippen LogP contribution in [0.5, 0.6) is 0 Å². The molecule has 0 heterocycles. The molecule has 0 amide bonds. The molecular weight excluding hydrogens is 272 g/mol. The monoisotopic (exact) mass is 296 g/mol. The Morgan fingerprint density at radius 2 is 2.00 bits per heavy atom. The number of ketones is 1. The number of carbonyl (C=O) groups is 2. The fourth-order valence-electron chi connectivity index (χ4n) is 4.19. The lowest BCUT2D eigenvalue weighted by Gasteiger charge is -2.52. The van der Waals surface area contributed by atoms with Crippen LogP contribution in [0.4, 0.5) is 0 Å². The molecule has 1 saturated carbocycles. The summed E-state index contributed by atoms with van der Waals surface area (Å²) < 4.78 is 10.7. The van der Waals surface area contributed by atoms with Crippen LogP contribution in [0.2, 0.25) is 0 Å². The molecule has 0 aliphatic heterocycles. The zero-order chi connectivity index (χ0) is 15.9. The molecule has 0 saturated heterocycles. The molecule has 2 aliphatic rings. The summed E-state index contributed by atoms with van der Waals surface area (Å²) in [7, 11) is 1.47. The summed E-state index contributed by atoms with van der Waals surface area (Å²) in [5.41, 5.74) is -0.468. The maximum Gasteiger partial charge on any atom is 0.302 e. The van der Waals surface area contributed by atoms with E-state index >= 15 is 0 Å². The van der Waals surface area contributed by atoms with E-state index in [9.17, 15) is 14.7 Å². The summed E-state index contributed by atoms with van der Waals surface area (Å²) in [6.07, 6.45) is 0.109. The first-order valence-corrected chi connectivity index (χ1v) is 7.40. The lowest BCUT2D eigenvalue weighted by molar-refractivity contribution is -0.177. The van der Waals surface area contributed by atoms with Gasteiger partial charge >= 0.3 is 5.97 Å². The minimum atomic E-state index is -0.894. The van der Waals surface area contributed by atoms with Gasteiger partial charge in [-0.2, -0.15) is 0 Å². The van der Waals surface area contributed by atoms with Crippen molar-refractivity contribution in [2.24, 2.45) is 17.3 Å². The number of aliphatic hydroxyl groups is 1. The van der Waals surface area contributed by atoms with Gasteiger partial charge in [0.25, 0.3) is 0 Å². The molecule has 21 heavy (non-hydrogen) atoms. The fourth-order valence-corrected chi connectivity index (χ4v) is 4.19. The SMILES string of the molecule is COC1=C(C)C(=O)[C@]2(C)[C@H]([C@H](C)CC[C@@H]2OC(C)=O)[C@@H]1O. The topological polar surface area (TPSA) is 72.8 Å². The average Bonchev–Trinajstić information content (AvgIpc) is 2.40. The van der Waals surface area contributed by atoms with Crippen molar-refractivity contribution in [3.63, 3.8) is 0 Å². The van der Waals surface area contributed by atoms with E-state index in [4.69, 9.17) is 9.47 Å². The van der Waals surface area contributed by atoms with Crippen molar-refractivity contribution in [3.8, 4) is 0 Å². The third kappa shape index (κ3) is 2.27. The van der Waals surface area contributed by atoms with Crippen LogP contribution in [0.15, 0.2) is 11.3 Å². The van der Waals surface area contributed by atoms with E-state index in [1.807, 2.05) is 13.8 Å². The van der Waals surface area contributed by atoms with Crippen LogP contribution in [-0.4, -0.2) is 36.2 Å². The number of aliphatic hydroxyl groups excluding tert-OH is 1. The Balaban J connectivity index is 2.53. The Bertz CT molecular complexity index is 495. The van der Waals surface area contributed by atoms with Gasteiger partial charge in [0, 0.05) is 18.4 Å². The quantitative estimate of drug-likeness (QED) is 0.787. The van der Waals surface area contributed by atoms with Crippen molar-refractivity contribution in [1.82, 2.24) is 0 Å². The van der Waals surface area contributed by atoms with Crippen LogP contribution in [0, 0.1) is 17.3 Å². The second kappa shape index (κ2) is 5.44. The molecule has 5 nitrogen and oxygen atoms in total. The molecule has 118 valence electrons. The van der Waals surface area contributed by atoms with Crippen LogP contribution < -0.4 is 0 Å². The Labute approximate surface area is 125 Å². The molecule has 0 aromatic rings. The van der Waals surface area contributed by atoms with E-state index in [1.54, 1.807) is 6.92 Å². The molecule has 0 aromatic carbocycles. The van der Waals surface area contributed by atoms with Gasteiger partial charge in [-0.25, -0.2) is 0 Å². The highest BCUT2D eigenvalue weighted by atomic mass is 16.5. The number of Topliss-reactive ketones (excluding diaryl/α,β-unsaturated/α-hetero) is 1. The number of hydrogen-bond donors (Lipinski definition) is 1. The number of methoxy groups -OCH3 is 1. The van der Waals surface area contributed by atoms with Gasteiger partial charge in [0.05, 0.1) is 12.5 Å². The van der Waals surface area contributed by atoms with Crippen LogP contribution in [0.1, 0.15) is 40.5 Å². The zero-order valence-corrected chi connectivity index (χ0v) is 13.3. The van der Waals surface area contributed by atoms with Crippen LogP contribution in [0.25, 0.3) is 0 Å². The Kier molecular flexibility index (Phi) is 4.15. The first kappa shape index (κ1) is 16.0. The number of esters is 1. The molecule has 5 atom stereocenters.